The van der Waals surface area contributed by atoms with Gasteiger partial charge in [-0.05, 0) is 63.5 Å². The number of rotatable bonds is 6. The summed E-state index contributed by atoms with van der Waals surface area (Å²) in [5.41, 5.74) is 3.92. The predicted octanol–water partition coefficient (Wildman–Crippen LogP) is 5.16. The maximum atomic E-state index is 12.6. The summed E-state index contributed by atoms with van der Waals surface area (Å²) in [6.07, 6.45) is 6.61. The number of amides is 1. The minimum Gasteiger partial charge on any atom is -0.494 e. The summed E-state index contributed by atoms with van der Waals surface area (Å²) in [5.74, 6) is 0.268. The molecule has 1 saturated carbocycles. The summed E-state index contributed by atoms with van der Waals surface area (Å²) in [6, 6.07) is 11.8. The number of anilines is 1. The highest BCUT2D eigenvalue weighted by Crippen LogP contribution is 2.33. The number of nitriles is 1. The van der Waals surface area contributed by atoms with Crippen LogP contribution in [-0.4, -0.2) is 17.1 Å². The number of benzene rings is 1. The number of aryl methyl sites for hydroxylation is 1. The second-order valence-corrected chi connectivity index (χ2v) is 7.22. The van der Waals surface area contributed by atoms with Crippen LogP contribution in [0.5, 0.6) is 5.75 Å². The number of nitrogens with one attached hydrogen (secondary N) is 1. The Morgan fingerprint density at radius 1 is 1.32 bits per heavy atom. The number of carbonyl (C=O) groups is 1. The monoisotopic (exact) mass is 377 g/mol. The molecule has 1 aliphatic rings. The summed E-state index contributed by atoms with van der Waals surface area (Å²) in [7, 11) is 0. The third-order valence-corrected chi connectivity index (χ3v) is 5.28. The van der Waals surface area contributed by atoms with E-state index in [1.807, 2.05) is 25.1 Å². The number of nitrogens with zero attached hydrogens (tertiary/aromatic N) is 2. The van der Waals surface area contributed by atoms with Gasteiger partial charge in [-0.2, -0.15) is 5.26 Å². The van der Waals surface area contributed by atoms with E-state index in [1.54, 1.807) is 18.2 Å². The number of aromatic nitrogens is 1. The molecule has 0 radical (unpaired) electrons. The lowest BCUT2D eigenvalue weighted by Crippen LogP contribution is -2.13. The molecule has 0 bridgehead atoms. The van der Waals surface area contributed by atoms with E-state index in [-0.39, 0.29) is 5.57 Å². The Balaban J connectivity index is 1.82. The van der Waals surface area contributed by atoms with Gasteiger partial charge in [-0.25, -0.2) is 0 Å². The molecule has 0 saturated heterocycles. The van der Waals surface area contributed by atoms with Crippen LogP contribution in [0.1, 0.15) is 55.6 Å². The van der Waals surface area contributed by atoms with Crippen LogP contribution >= 0.6 is 0 Å². The van der Waals surface area contributed by atoms with Gasteiger partial charge >= 0.3 is 0 Å². The fourth-order valence-corrected chi connectivity index (χ4v) is 4.01. The van der Waals surface area contributed by atoms with E-state index < -0.39 is 5.91 Å². The Kier molecular flexibility index (Phi) is 6.20. The van der Waals surface area contributed by atoms with E-state index in [2.05, 4.69) is 29.8 Å². The molecule has 0 spiro atoms. The van der Waals surface area contributed by atoms with Crippen molar-refractivity contribution in [3.63, 3.8) is 0 Å². The molecule has 1 aromatic carbocycles. The molecule has 0 unspecified atom stereocenters. The molecule has 5 nitrogen and oxygen atoms in total. The molecule has 5 heteroatoms. The van der Waals surface area contributed by atoms with Crippen molar-refractivity contribution in [3.05, 3.63) is 52.9 Å². The van der Waals surface area contributed by atoms with Crippen LogP contribution in [0.4, 0.5) is 5.69 Å². The molecule has 3 rings (SSSR count). The van der Waals surface area contributed by atoms with E-state index in [0.717, 1.165) is 11.3 Å². The lowest BCUT2D eigenvalue weighted by Gasteiger charge is -2.17. The standard InChI is InChI=1S/C23H27N3O2/c1-4-28-22-11-7-8-20(14-22)25-23(27)19(15-24)13-18-12-16(2)26(17(18)3)21-9-5-6-10-21/h7-8,11-14,21H,4-6,9-10H2,1-3H3,(H,25,27)/b19-13-. The largest absolute Gasteiger partial charge is 0.494 e. The third-order valence-electron chi connectivity index (χ3n) is 5.28. The Morgan fingerprint density at radius 2 is 2.07 bits per heavy atom. The lowest BCUT2D eigenvalue weighted by molar-refractivity contribution is -0.112. The summed E-state index contributed by atoms with van der Waals surface area (Å²) in [5, 5.41) is 12.3. The van der Waals surface area contributed by atoms with Crippen LogP contribution in [-0.2, 0) is 4.79 Å². The molecule has 0 atom stereocenters. The molecule has 1 N–H and O–H groups in total. The minimum absolute atomic E-state index is 0.0912. The van der Waals surface area contributed by atoms with Gasteiger partial charge in [0.1, 0.15) is 17.4 Å². The van der Waals surface area contributed by atoms with E-state index in [9.17, 15) is 10.1 Å². The highest BCUT2D eigenvalue weighted by atomic mass is 16.5. The molecule has 146 valence electrons. The van der Waals surface area contributed by atoms with Crippen molar-refractivity contribution >= 4 is 17.7 Å². The summed E-state index contributed by atoms with van der Waals surface area (Å²) < 4.78 is 7.82. The summed E-state index contributed by atoms with van der Waals surface area (Å²) in [6.45, 7) is 6.62. The third kappa shape index (κ3) is 4.28. The van der Waals surface area contributed by atoms with Crippen LogP contribution in [0.2, 0.25) is 0 Å². The number of carbonyl (C=O) groups excluding carboxylic acids is 1. The van der Waals surface area contributed by atoms with Gasteiger partial charge in [0.15, 0.2) is 0 Å². The highest BCUT2D eigenvalue weighted by molar-refractivity contribution is 6.09. The fraction of sp³-hybridized carbons (Fsp3) is 0.391. The second-order valence-electron chi connectivity index (χ2n) is 7.22. The van der Waals surface area contributed by atoms with Crippen LogP contribution < -0.4 is 10.1 Å². The van der Waals surface area contributed by atoms with Crippen LogP contribution in [0, 0.1) is 25.2 Å². The van der Waals surface area contributed by atoms with Crippen LogP contribution in [0.3, 0.4) is 0 Å². The van der Waals surface area contributed by atoms with E-state index >= 15 is 0 Å². The highest BCUT2D eigenvalue weighted by Gasteiger charge is 2.21. The molecule has 28 heavy (non-hydrogen) atoms. The minimum atomic E-state index is -0.415. The smallest absolute Gasteiger partial charge is 0.266 e. The Hall–Kier alpha value is -3.00. The van der Waals surface area contributed by atoms with Gasteiger partial charge in [-0.15, -0.1) is 0 Å². The average Bonchev–Trinajstić information content (AvgIpc) is 3.28. The number of hydrogen-bond donors (Lipinski definition) is 1. The van der Waals surface area contributed by atoms with Crippen molar-refractivity contribution in [2.75, 3.05) is 11.9 Å². The summed E-state index contributed by atoms with van der Waals surface area (Å²) in [4.78, 5) is 12.6. The Labute approximate surface area is 166 Å². The molecule has 1 heterocycles. The quantitative estimate of drug-likeness (QED) is 0.558. The molecule has 1 fully saturated rings. The molecular formula is C23H27N3O2. The first-order chi connectivity index (χ1) is 13.5. The maximum Gasteiger partial charge on any atom is 0.266 e. The zero-order valence-corrected chi connectivity index (χ0v) is 16.8. The Morgan fingerprint density at radius 3 is 2.75 bits per heavy atom. The summed E-state index contributed by atoms with van der Waals surface area (Å²) >= 11 is 0. The normalized spacial score (nSPS) is 14.7. The van der Waals surface area contributed by atoms with Gasteiger partial charge in [0, 0.05) is 29.2 Å². The van der Waals surface area contributed by atoms with Gasteiger partial charge in [0.05, 0.1) is 6.61 Å². The van der Waals surface area contributed by atoms with E-state index in [4.69, 9.17) is 4.74 Å². The topological polar surface area (TPSA) is 67.0 Å². The average molecular weight is 377 g/mol. The van der Waals surface area contributed by atoms with Crippen LogP contribution in [0.25, 0.3) is 6.08 Å². The molecule has 1 amide bonds. The first kappa shape index (κ1) is 19.8. The van der Waals surface area contributed by atoms with Gasteiger partial charge < -0.3 is 14.6 Å². The van der Waals surface area contributed by atoms with Crippen molar-refractivity contribution in [2.45, 2.75) is 52.5 Å². The lowest BCUT2D eigenvalue weighted by atomic mass is 10.1. The predicted molar refractivity (Wildman–Crippen MR) is 111 cm³/mol. The van der Waals surface area contributed by atoms with Gasteiger partial charge in [-0.3, -0.25) is 4.79 Å². The molecule has 1 aliphatic carbocycles. The van der Waals surface area contributed by atoms with Crippen molar-refractivity contribution in [3.8, 4) is 11.8 Å². The van der Waals surface area contributed by atoms with Crippen molar-refractivity contribution < 1.29 is 9.53 Å². The van der Waals surface area contributed by atoms with E-state index in [1.165, 1.54) is 31.4 Å². The van der Waals surface area contributed by atoms with Crippen LogP contribution in [0.15, 0.2) is 35.9 Å². The van der Waals surface area contributed by atoms with Crippen molar-refractivity contribution in [2.24, 2.45) is 0 Å². The fourth-order valence-electron chi connectivity index (χ4n) is 4.01. The zero-order valence-electron chi connectivity index (χ0n) is 16.8. The van der Waals surface area contributed by atoms with Gasteiger partial charge in [-0.1, -0.05) is 18.9 Å². The SMILES string of the molecule is CCOc1cccc(NC(=O)/C(C#N)=C\c2cc(C)n(C3CCCC3)c2C)c1. The molecule has 1 aromatic heterocycles. The maximum absolute atomic E-state index is 12.6. The van der Waals surface area contributed by atoms with Gasteiger partial charge in [0.25, 0.3) is 5.91 Å². The first-order valence-corrected chi connectivity index (χ1v) is 9.88. The molecular weight excluding hydrogens is 350 g/mol. The molecule has 0 aliphatic heterocycles. The second kappa shape index (κ2) is 8.79. The Bertz CT molecular complexity index is 928. The van der Waals surface area contributed by atoms with Crippen molar-refractivity contribution in [1.82, 2.24) is 4.57 Å². The zero-order chi connectivity index (χ0) is 20.1. The number of hydrogen-bond acceptors (Lipinski definition) is 3. The van der Waals surface area contributed by atoms with Gasteiger partial charge in [0.2, 0.25) is 0 Å². The molecule has 2 aromatic rings. The van der Waals surface area contributed by atoms with E-state index in [0.29, 0.717) is 24.1 Å². The number of ether oxygens (including phenoxy) is 1. The van der Waals surface area contributed by atoms with Crippen molar-refractivity contribution in [1.29, 1.82) is 5.26 Å². The first-order valence-electron chi connectivity index (χ1n) is 9.88.